The van der Waals surface area contributed by atoms with E-state index in [1.807, 2.05) is 0 Å². The van der Waals surface area contributed by atoms with E-state index in [2.05, 4.69) is 45.0 Å². The summed E-state index contributed by atoms with van der Waals surface area (Å²) in [6.45, 7) is 13.9. The van der Waals surface area contributed by atoms with Gasteiger partial charge in [-0.25, -0.2) is 0 Å². The molecule has 2 nitrogen and oxygen atoms in total. The molecule has 0 aliphatic heterocycles. The van der Waals surface area contributed by atoms with E-state index in [9.17, 15) is 0 Å². The average Bonchev–Trinajstić information content (AvgIpc) is 2.26. The molecule has 0 aliphatic rings. The summed E-state index contributed by atoms with van der Waals surface area (Å²) in [5.41, 5.74) is 0.428. The Morgan fingerprint density at radius 2 is 1.81 bits per heavy atom. The van der Waals surface area contributed by atoms with Crippen molar-refractivity contribution in [3.05, 3.63) is 0 Å². The maximum atomic E-state index is 3.56. The van der Waals surface area contributed by atoms with Crippen LogP contribution < -0.4 is 5.32 Å². The lowest BCUT2D eigenvalue weighted by Gasteiger charge is -2.33. The predicted octanol–water partition coefficient (Wildman–Crippen LogP) is 3.13. The minimum absolute atomic E-state index is 0.428. The zero-order chi connectivity index (χ0) is 12.4. The van der Waals surface area contributed by atoms with Crippen molar-refractivity contribution in [2.24, 2.45) is 5.41 Å². The number of hydrogen-bond acceptors (Lipinski definition) is 2. The second kappa shape index (κ2) is 9.00. The third kappa shape index (κ3) is 7.24. The molecule has 0 spiro atoms. The first-order valence-electron chi connectivity index (χ1n) is 6.97. The van der Waals surface area contributed by atoms with Crippen LogP contribution in [0.2, 0.25) is 0 Å². The molecular weight excluding hydrogens is 196 g/mol. The highest BCUT2D eigenvalue weighted by Crippen LogP contribution is 2.21. The van der Waals surface area contributed by atoms with Gasteiger partial charge < -0.3 is 10.2 Å². The highest BCUT2D eigenvalue weighted by molar-refractivity contribution is 4.78. The molecule has 16 heavy (non-hydrogen) atoms. The molecule has 1 atom stereocenters. The Morgan fingerprint density at radius 3 is 2.31 bits per heavy atom. The highest BCUT2D eigenvalue weighted by atomic mass is 15.1. The van der Waals surface area contributed by atoms with E-state index in [4.69, 9.17) is 0 Å². The molecule has 0 heterocycles. The summed E-state index contributed by atoms with van der Waals surface area (Å²) in [5, 5.41) is 3.56. The molecule has 1 unspecified atom stereocenters. The molecule has 98 valence electrons. The maximum Gasteiger partial charge on any atom is 0.00443 e. The van der Waals surface area contributed by atoms with Crippen LogP contribution in [0.25, 0.3) is 0 Å². The van der Waals surface area contributed by atoms with Crippen LogP contribution in [0.5, 0.6) is 0 Å². The van der Waals surface area contributed by atoms with Crippen molar-refractivity contribution >= 4 is 0 Å². The van der Waals surface area contributed by atoms with Crippen LogP contribution in [0.15, 0.2) is 0 Å². The quantitative estimate of drug-likeness (QED) is 0.578. The van der Waals surface area contributed by atoms with E-state index in [1.54, 1.807) is 0 Å². The highest BCUT2D eigenvalue weighted by Gasteiger charge is 2.23. The van der Waals surface area contributed by atoms with Crippen LogP contribution >= 0.6 is 0 Å². The van der Waals surface area contributed by atoms with Crippen LogP contribution in [-0.2, 0) is 0 Å². The van der Waals surface area contributed by atoms with Crippen molar-refractivity contribution in [2.75, 3.05) is 33.2 Å². The lowest BCUT2D eigenvalue weighted by molar-refractivity contribution is 0.179. The average molecular weight is 228 g/mol. The van der Waals surface area contributed by atoms with Crippen LogP contribution in [0.1, 0.15) is 53.4 Å². The van der Waals surface area contributed by atoms with Crippen LogP contribution in [-0.4, -0.2) is 38.1 Å². The smallest absolute Gasteiger partial charge is 0.00443 e. The molecule has 0 aromatic heterocycles. The zero-order valence-corrected chi connectivity index (χ0v) is 12.1. The minimum atomic E-state index is 0.428. The fourth-order valence-corrected chi connectivity index (χ4v) is 2.02. The SMILES string of the molecule is CCCCN(C)CC(C)(CC)CNCCC. The fraction of sp³-hybridized carbons (Fsp3) is 1.00. The number of nitrogens with one attached hydrogen (secondary N) is 1. The minimum Gasteiger partial charge on any atom is -0.316 e. The Labute approximate surface area is 103 Å². The first kappa shape index (κ1) is 15.9. The molecule has 1 N–H and O–H groups in total. The van der Waals surface area contributed by atoms with Crippen molar-refractivity contribution in [1.29, 1.82) is 0 Å². The van der Waals surface area contributed by atoms with Gasteiger partial charge in [0.05, 0.1) is 0 Å². The molecule has 0 rings (SSSR count). The van der Waals surface area contributed by atoms with Crippen molar-refractivity contribution in [3.63, 3.8) is 0 Å². The second-order valence-corrected chi connectivity index (χ2v) is 5.43. The van der Waals surface area contributed by atoms with Gasteiger partial charge in [-0.15, -0.1) is 0 Å². The van der Waals surface area contributed by atoms with Gasteiger partial charge in [-0.1, -0.05) is 34.1 Å². The maximum absolute atomic E-state index is 3.56. The molecule has 2 heteroatoms. The van der Waals surface area contributed by atoms with Gasteiger partial charge in [-0.05, 0) is 44.8 Å². The third-order valence-electron chi connectivity index (χ3n) is 3.38. The molecule has 0 radical (unpaired) electrons. The first-order valence-corrected chi connectivity index (χ1v) is 6.97. The monoisotopic (exact) mass is 228 g/mol. The lowest BCUT2D eigenvalue weighted by atomic mass is 9.86. The summed E-state index contributed by atoms with van der Waals surface area (Å²) in [5.74, 6) is 0. The Bertz CT molecular complexity index is 159. The van der Waals surface area contributed by atoms with E-state index in [-0.39, 0.29) is 0 Å². The lowest BCUT2D eigenvalue weighted by Crippen LogP contribution is -2.41. The number of rotatable bonds is 10. The van der Waals surface area contributed by atoms with Crippen LogP contribution in [0.4, 0.5) is 0 Å². The van der Waals surface area contributed by atoms with Crippen molar-refractivity contribution in [3.8, 4) is 0 Å². The van der Waals surface area contributed by atoms with Crippen molar-refractivity contribution in [2.45, 2.75) is 53.4 Å². The Morgan fingerprint density at radius 1 is 1.12 bits per heavy atom. The van der Waals surface area contributed by atoms with E-state index in [1.165, 1.54) is 38.8 Å². The third-order valence-corrected chi connectivity index (χ3v) is 3.38. The molecule has 0 saturated heterocycles. The number of hydrogen-bond donors (Lipinski definition) is 1. The summed E-state index contributed by atoms with van der Waals surface area (Å²) in [4.78, 5) is 2.49. The second-order valence-electron chi connectivity index (χ2n) is 5.43. The first-order chi connectivity index (χ1) is 7.58. The Kier molecular flexibility index (Phi) is 8.96. The molecule has 0 saturated carbocycles. The van der Waals surface area contributed by atoms with Gasteiger partial charge in [-0.3, -0.25) is 0 Å². The van der Waals surface area contributed by atoms with Crippen LogP contribution in [0, 0.1) is 5.41 Å². The molecule has 0 aliphatic carbocycles. The van der Waals surface area contributed by atoms with Gasteiger partial charge in [0.25, 0.3) is 0 Å². The van der Waals surface area contributed by atoms with Gasteiger partial charge in [-0.2, -0.15) is 0 Å². The van der Waals surface area contributed by atoms with Gasteiger partial charge in [0.1, 0.15) is 0 Å². The van der Waals surface area contributed by atoms with E-state index in [0.29, 0.717) is 5.41 Å². The molecule has 0 bridgehead atoms. The van der Waals surface area contributed by atoms with E-state index < -0.39 is 0 Å². The normalized spacial score (nSPS) is 15.4. The summed E-state index contributed by atoms with van der Waals surface area (Å²) in [7, 11) is 2.25. The summed E-state index contributed by atoms with van der Waals surface area (Å²) >= 11 is 0. The Balaban J connectivity index is 3.93. The molecule has 0 aromatic carbocycles. The van der Waals surface area contributed by atoms with Gasteiger partial charge >= 0.3 is 0 Å². The van der Waals surface area contributed by atoms with E-state index >= 15 is 0 Å². The van der Waals surface area contributed by atoms with E-state index in [0.717, 1.165) is 13.1 Å². The largest absolute Gasteiger partial charge is 0.316 e. The summed E-state index contributed by atoms with van der Waals surface area (Å²) < 4.78 is 0. The fourth-order valence-electron chi connectivity index (χ4n) is 2.02. The van der Waals surface area contributed by atoms with Gasteiger partial charge in [0.2, 0.25) is 0 Å². The standard InChI is InChI=1S/C14H32N2/c1-6-9-11-16(5)13-14(4,8-3)12-15-10-7-2/h15H,6-13H2,1-5H3. The Hall–Kier alpha value is -0.0800. The number of unbranched alkanes of at least 4 members (excludes halogenated alkanes) is 1. The molecule has 0 aromatic rings. The van der Waals surface area contributed by atoms with Crippen molar-refractivity contribution < 1.29 is 0 Å². The predicted molar refractivity (Wildman–Crippen MR) is 74.0 cm³/mol. The van der Waals surface area contributed by atoms with Gasteiger partial charge in [0, 0.05) is 13.1 Å². The molecular formula is C14H32N2. The molecule has 0 fully saturated rings. The van der Waals surface area contributed by atoms with Crippen molar-refractivity contribution in [1.82, 2.24) is 10.2 Å². The number of nitrogens with zero attached hydrogens (tertiary/aromatic N) is 1. The van der Waals surface area contributed by atoms with Crippen LogP contribution in [0.3, 0.4) is 0 Å². The summed E-state index contributed by atoms with van der Waals surface area (Å²) in [6, 6.07) is 0. The molecule has 0 amide bonds. The van der Waals surface area contributed by atoms with Gasteiger partial charge in [0.15, 0.2) is 0 Å². The zero-order valence-electron chi connectivity index (χ0n) is 12.1. The topological polar surface area (TPSA) is 15.3 Å². The summed E-state index contributed by atoms with van der Waals surface area (Å²) in [6.07, 6.45) is 5.09.